The molecule has 1 saturated carbocycles. The van der Waals surface area contributed by atoms with Crippen LogP contribution in [0.3, 0.4) is 0 Å². The Morgan fingerprint density at radius 1 is 1.24 bits per heavy atom. The van der Waals surface area contributed by atoms with Crippen LogP contribution in [0.1, 0.15) is 38.2 Å². The highest BCUT2D eigenvalue weighted by molar-refractivity contribution is 7.91. The number of thiophene rings is 1. The molecule has 14 nitrogen and oxygen atoms in total. The van der Waals surface area contributed by atoms with Crippen molar-refractivity contribution in [1.82, 2.24) is 28.9 Å². The second-order valence-corrected chi connectivity index (χ2v) is 16.2. The van der Waals surface area contributed by atoms with E-state index in [9.17, 15) is 21.6 Å². The second kappa shape index (κ2) is 13.5. The number of amidine groups is 1. The Morgan fingerprint density at radius 3 is 2.65 bits per heavy atom. The van der Waals surface area contributed by atoms with Crippen LogP contribution >= 0.6 is 11.3 Å². The average molecular weight is 691 g/mol. The first-order valence-electron chi connectivity index (χ1n) is 14.7. The molecule has 3 aromatic rings. The minimum Gasteiger partial charge on any atom is -0.470 e. The van der Waals surface area contributed by atoms with E-state index in [2.05, 4.69) is 29.9 Å². The Hall–Kier alpha value is -3.80. The lowest BCUT2D eigenvalue weighted by Crippen LogP contribution is -2.41. The number of likely N-dealkylation sites (N-methyl/N-ethyl adjacent to an activating group) is 1. The van der Waals surface area contributed by atoms with Crippen molar-refractivity contribution in [2.24, 2.45) is 10.9 Å². The Balaban J connectivity index is 1.40. The number of sulfonamides is 2. The van der Waals surface area contributed by atoms with Gasteiger partial charge in [-0.15, -0.1) is 11.3 Å². The van der Waals surface area contributed by atoms with Crippen LogP contribution in [0.15, 0.2) is 57.1 Å². The van der Waals surface area contributed by atoms with Gasteiger partial charge in [-0.3, -0.25) is 18.7 Å². The van der Waals surface area contributed by atoms with Crippen LogP contribution in [0.25, 0.3) is 16.8 Å². The highest BCUT2D eigenvalue weighted by atomic mass is 32.2. The molecule has 0 unspecified atom stereocenters. The van der Waals surface area contributed by atoms with Crippen molar-refractivity contribution in [2.45, 2.75) is 49.6 Å². The van der Waals surface area contributed by atoms with Gasteiger partial charge >= 0.3 is 0 Å². The van der Waals surface area contributed by atoms with Crippen LogP contribution in [0, 0.1) is 5.92 Å². The minimum atomic E-state index is -3.98. The van der Waals surface area contributed by atoms with Gasteiger partial charge < -0.3 is 15.0 Å². The molecule has 4 heterocycles. The molecule has 0 atom stereocenters. The summed E-state index contributed by atoms with van der Waals surface area (Å²) in [6, 6.07) is 3.71. The molecule has 0 aromatic carbocycles. The number of amides is 1. The Bertz CT molecular complexity index is 1920. The number of rotatable bonds is 10. The van der Waals surface area contributed by atoms with Gasteiger partial charge in [-0.25, -0.2) is 31.5 Å². The molecule has 1 amide bonds. The summed E-state index contributed by atoms with van der Waals surface area (Å²) in [5.74, 6) is 0.702. The molecular weight excluding hydrogens is 653 g/mol. The third kappa shape index (κ3) is 6.54. The molecule has 1 aliphatic carbocycles. The quantitative estimate of drug-likeness (QED) is 0.240. The first-order chi connectivity index (χ1) is 21.9. The van der Waals surface area contributed by atoms with E-state index in [1.54, 1.807) is 35.1 Å². The Morgan fingerprint density at radius 2 is 1.98 bits per heavy atom. The van der Waals surface area contributed by atoms with Gasteiger partial charge in [0.1, 0.15) is 23.6 Å². The van der Waals surface area contributed by atoms with Crippen molar-refractivity contribution >= 4 is 65.7 Å². The van der Waals surface area contributed by atoms with Crippen LogP contribution < -0.4 is 14.9 Å². The number of nitrogens with one attached hydrogen (secondary N) is 2. The maximum Gasteiger partial charge on any atom is 0.277 e. The Labute approximate surface area is 273 Å². The summed E-state index contributed by atoms with van der Waals surface area (Å²) < 4.78 is 62.1. The highest BCUT2D eigenvalue weighted by Gasteiger charge is 2.40. The largest absolute Gasteiger partial charge is 0.470 e. The van der Waals surface area contributed by atoms with Gasteiger partial charge in [-0.1, -0.05) is 6.08 Å². The molecule has 0 saturated heterocycles. The summed E-state index contributed by atoms with van der Waals surface area (Å²) in [6.07, 6.45) is 9.89. The molecule has 0 radical (unpaired) electrons. The van der Waals surface area contributed by atoms with Crippen LogP contribution in [0.5, 0.6) is 0 Å². The number of carbonyl (C=O) groups excluding carboxylic acids is 1. The fraction of sp³-hybridized carbons (Fsp3) is 0.448. The number of fused-ring (bicyclic) bond motifs is 2. The zero-order valence-corrected chi connectivity index (χ0v) is 28.7. The fourth-order valence-electron chi connectivity index (χ4n) is 5.85. The van der Waals surface area contributed by atoms with E-state index in [-0.39, 0.29) is 45.9 Å². The predicted octanol–water partition coefficient (Wildman–Crippen LogP) is 2.73. The molecule has 0 bridgehead atoms. The molecule has 0 spiro atoms. The van der Waals surface area contributed by atoms with E-state index in [4.69, 9.17) is 4.74 Å². The lowest BCUT2D eigenvalue weighted by Gasteiger charge is -2.35. The molecule has 248 valence electrons. The Kier molecular flexibility index (Phi) is 9.86. The number of aliphatic imine (C=N–C) groups is 1. The summed E-state index contributed by atoms with van der Waals surface area (Å²) in [5, 5.41) is 5.11. The summed E-state index contributed by atoms with van der Waals surface area (Å²) in [5.41, 5.74) is 0.744. The van der Waals surface area contributed by atoms with Crippen molar-refractivity contribution < 1.29 is 26.4 Å². The maximum atomic E-state index is 13.5. The average Bonchev–Trinajstić information content (AvgIpc) is 3.70. The van der Waals surface area contributed by atoms with Gasteiger partial charge in [0.2, 0.25) is 10.0 Å². The zero-order valence-electron chi connectivity index (χ0n) is 26.3. The summed E-state index contributed by atoms with van der Waals surface area (Å²) >= 11 is 1.05. The van der Waals surface area contributed by atoms with Gasteiger partial charge in [0.05, 0.1) is 16.7 Å². The molecule has 2 aliphatic rings. The molecule has 17 heteroatoms. The highest BCUT2D eigenvalue weighted by Crippen LogP contribution is 2.40. The smallest absolute Gasteiger partial charge is 0.277 e. The maximum absolute atomic E-state index is 13.5. The van der Waals surface area contributed by atoms with Crippen LogP contribution in [0.4, 0.5) is 5.82 Å². The number of hydrogen-bond acceptors (Lipinski definition) is 11. The second-order valence-electron chi connectivity index (χ2n) is 11.1. The predicted molar refractivity (Wildman–Crippen MR) is 178 cm³/mol. The third-order valence-electron chi connectivity index (χ3n) is 8.37. The lowest BCUT2D eigenvalue weighted by molar-refractivity contribution is -0.117. The molecule has 3 aromatic heterocycles. The van der Waals surface area contributed by atoms with Crippen molar-refractivity contribution in [1.29, 1.82) is 0 Å². The fourth-order valence-corrected chi connectivity index (χ4v) is 9.67. The monoisotopic (exact) mass is 690 g/mol. The van der Waals surface area contributed by atoms with E-state index in [1.165, 1.54) is 27.5 Å². The molecule has 1 aliphatic heterocycles. The first kappa shape index (κ1) is 33.6. The number of allylic oxidation sites excluding steroid dienone is 1. The van der Waals surface area contributed by atoms with Gasteiger partial charge in [0.15, 0.2) is 22.4 Å². The molecule has 5 rings (SSSR count). The topological polar surface area (TPSA) is 168 Å². The van der Waals surface area contributed by atoms with E-state index in [0.29, 0.717) is 11.2 Å². The van der Waals surface area contributed by atoms with Crippen molar-refractivity contribution in [3.05, 3.63) is 53.4 Å². The van der Waals surface area contributed by atoms with Crippen molar-refractivity contribution in [3.63, 3.8) is 0 Å². The first-order valence-corrected chi connectivity index (χ1v) is 18.7. The van der Waals surface area contributed by atoms with E-state index in [1.807, 2.05) is 19.3 Å². The van der Waals surface area contributed by atoms with Gasteiger partial charge in [0, 0.05) is 33.4 Å². The number of anilines is 1. The third-order valence-corrected chi connectivity index (χ3v) is 13.1. The van der Waals surface area contributed by atoms with Crippen LogP contribution in [0.2, 0.25) is 0 Å². The van der Waals surface area contributed by atoms with Gasteiger partial charge in [-0.05, 0) is 69.2 Å². The number of hydrogen-bond donors (Lipinski definition) is 2. The number of ether oxygens (including phenoxy) is 1. The number of nitrogens with zero attached hydrogens (tertiary/aromatic N) is 6. The van der Waals surface area contributed by atoms with Crippen molar-refractivity contribution in [3.8, 4) is 0 Å². The minimum absolute atomic E-state index is 0.0619. The summed E-state index contributed by atoms with van der Waals surface area (Å²) in [4.78, 5) is 28.7. The van der Waals surface area contributed by atoms with E-state index >= 15 is 0 Å². The van der Waals surface area contributed by atoms with Gasteiger partial charge in [0.25, 0.3) is 15.9 Å². The molecular formula is C29H38N8O6S3. The van der Waals surface area contributed by atoms with E-state index < -0.39 is 26.0 Å². The van der Waals surface area contributed by atoms with Crippen LogP contribution in [-0.2, 0) is 36.3 Å². The zero-order chi connectivity index (χ0) is 33.2. The molecule has 46 heavy (non-hydrogen) atoms. The van der Waals surface area contributed by atoms with E-state index in [0.717, 1.165) is 52.5 Å². The summed E-state index contributed by atoms with van der Waals surface area (Å²) in [7, 11) is -0.957. The lowest BCUT2D eigenvalue weighted by atomic mass is 9.86. The molecule has 2 N–H and O–H groups in total. The van der Waals surface area contributed by atoms with Crippen molar-refractivity contribution in [2.75, 3.05) is 38.8 Å². The molecule has 1 fully saturated rings. The number of carbonyl (C=O) groups is 1. The SMILES string of the molecule is C/C=C\C(=NC)NC(=O)C1=C(OCn2ccc3c(N(C)C4CCC(CS(=O)(=O)NC)CC4)ncnc32)c2ccsc2S(=O)(=O)N1C. The number of aromatic nitrogens is 3. The van der Waals surface area contributed by atoms with Gasteiger partial charge in [-0.2, -0.15) is 0 Å². The van der Waals surface area contributed by atoms with Crippen LogP contribution in [-0.4, -0.2) is 87.4 Å². The normalized spacial score (nSPS) is 20.3. The summed E-state index contributed by atoms with van der Waals surface area (Å²) in [6.45, 7) is 1.72. The standard InChI is InChI=1S/C29H38N8O6S3/c1-6-7-23(30-2)34-28(38)24-25(21-13-15-44-29(21)46(41,42)36(24)5)43-18-37-14-12-22-26(32-17-33-27(22)37)35(4)20-10-8-19(9-11-20)16-45(39,40)31-3/h6-7,12-15,17,19-20,31H,8-11,16,18H2,1-5H3,(H,30,34,38)/b7-6-.